The number of carbonyl (C=O) groups is 1. The Hall–Kier alpha value is -0.0900. The Morgan fingerprint density at radius 2 is 2.50 bits per heavy atom. The zero-order valence-corrected chi connectivity index (χ0v) is 4.38. The van der Waals surface area contributed by atoms with Crippen LogP contribution in [0.15, 0.2) is 0 Å². The molecule has 6 heavy (non-hydrogen) atoms. The van der Waals surface area contributed by atoms with Crippen molar-refractivity contribution >= 4 is 34.0 Å². The summed E-state index contributed by atoms with van der Waals surface area (Å²) in [6, 6.07) is 0. The number of carboxylic acid groups (broad SMARTS) is 1. The van der Waals surface area contributed by atoms with Crippen molar-refractivity contribution in [2.24, 2.45) is 0 Å². The molecule has 0 aliphatic heterocycles. The van der Waals surface area contributed by atoms with E-state index in [0.29, 0.717) is 11.8 Å². The summed E-state index contributed by atoms with van der Waals surface area (Å²) in [6.07, 6.45) is 0. The Morgan fingerprint density at radius 1 is 2.00 bits per heavy atom. The number of hydrogen-bond donors (Lipinski definition) is 1. The highest BCUT2D eigenvalue weighted by Gasteiger charge is 1.86. The minimum atomic E-state index is -0.954. The molecule has 0 atom stereocenters. The standard InChI is InChI=1S/C2H2O2S2/c3-2(4)6-1-5/h1H,(H,3,4). The van der Waals surface area contributed by atoms with E-state index in [1.807, 2.05) is 0 Å². The van der Waals surface area contributed by atoms with E-state index in [9.17, 15) is 4.79 Å². The number of thiocarbonyl (C=S) groups is 1. The van der Waals surface area contributed by atoms with Gasteiger partial charge in [0.15, 0.2) is 0 Å². The molecule has 0 aromatic heterocycles. The van der Waals surface area contributed by atoms with Crippen LogP contribution in [0.2, 0.25) is 0 Å². The van der Waals surface area contributed by atoms with Crippen molar-refractivity contribution in [1.29, 1.82) is 0 Å². The van der Waals surface area contributed by atoms with Crippen LogP contribution >= 0.6 is 24.0 Å². The van der Waals surface area contributed by atoms with E-state index in [-0.39, 0.29) is 0 Å². The van der Waals surface area contributed by atoms with Gasteiger partial charge in [-0.15, -0.1) is 0 Å². The van der Waals surface area contributed by atoms with Gasteiger partial charge in [0.2, 0.25) is 0 Å². The first-order valence-corrected chi connectivity index (χ1v) is 2.45. The second-order valence-electron chi connectivity index (χ2n) is 0.480. The van der Waals surface area contributed by atoms with Crippen LogP contribution in [0.25, 0.3) is 0 Å². The van der Waals surface area contributed by atoms with Gasteiger partial charge in [0.1, 0.15) is 0 Å². The van der Waals surface area contributed by atoms with Crippen LogP contribution in [0.3, 0.4) is 0 Å². The number of thioether (sulfide) groups is 1. The average Bonchev–Trinajstić information content (AvgIpc) is 1.35. The van der Waals surface area contributed by atoms with Crippen molar-refractivity contribution < 1.29 is 9.90 Å². The maximum absolute atomic E-state index is 9.46. The fourth-order valence-corrected chi connectivity index (χ4v) is 0.370. The van der Waals surface area contributed by atoms with Crippen molar-refractivity contribution in [1.82, 2.24) is 0 Å². The summed E-state index contributed by atoms with van der Waals surface area (Å²) in [4.78, 5) is 9.46. The fourth-order valence-electron chi connectivity index (χ4n) is 0.0412. The highest BCUT2D eigenvalue weighted by atomic mass is 32.2. The molecule has 0 aromatic carbocycles. The van der Waals surface area contributed by atoms with Crippen molar-refractivity contribution in [3.8, 4) is 0 Å². The zero-order valence-electron chi connectivity index (χ0n) is 2.75. The van der Waals surface area contributed by atoms with Gasteiger partial charge in [0.25, 0.3) is 0 Å². The summed E-state index contributed by atoms with van der Waals surface area (Å²) < 4.78 is 1.10. The maximum Gasteiger partial charge on any atom is 0.369 e. The fraction of sp³-hybridized carbons (Fsp3) is 0. The normalized spacial score (nSPS) is 7.33. The molecule has 34 valence electrons. The Balaban J connectivity index is 3.05. The van der Waals surface area contributed by atoms with E-state index >= 15 is 0 Å². The first kappa shape index (κ1) is 5.91. The van der Waals surface area contributed by atoms with Gasteiger partial charge in [-0.2, -0.15) is 0 Å². The van der Waals surface area contributed by atoms with Crippen LogP contribution in [-0.2, 0) is 0 Å². The molecule has 0 amide bonds. The Bertz CT molecular complexity index is 69.9. The van der Waals surface area contributed by atoms with E-state index in [1.54, 1.807) is 0 Å². The third-order valence-corrected chi connectivity index (χ3v) is 0.735. The van der Waals surface area contributed by atoms with Crippen molar-refractivity contribution in [3.63, 3.8) is 0 Å². The third kappa shape index (κ3) is 3.91. The molecular formula is C2H2O2S2. The monoisotopic (exact) mass is 122 g/mol. The van der Waals surface area contributed by atoms with E-state index in [4.69, 9.17) is 5.11 Å². The van der Waals surface area contributed by atoms with Crippen LogP contribution in [0.5, 0.6) is 0 Å². The van der Waals surface area contributed by atoms with Gasteiger partial charge < -0.3 is 5.11 Å². The quantitative estimate of drug-likeness (QED) is 0.533. The van der Waals surface area contributed by atoms with Gasteiger partial charge in [-0.1, -0.05) is 12.2 Å². The second-order valence-corrected chi connectivity index (χ2v) is 1.83. The molecule has 0 fully saturated rings. The molecule has 0 bridgehead atoms. The van der Waals surface area contributed by atoms with Crippen molar-refractivity contribution in [2.75, 3.05) is 0 Å². The smallest absolute Gasteiger partial charge is 0.369 e. The molecule has 0 saturated heterocycles. The average molecular weight is 122 g/mol. The molecule has 4 heteroatoms. The van der Waals surface area contributed by atoms with Gasteiger partial charge in [-0.3, -0.25) is 0 Å². The predicted molar refractivity (Wildman–Crippen MR) is 29.3 cm³/mol. The molecule has 0 aliphatic rings. The van der Waals surface area contributed by atoms with Crippen LogP contribution in [0.1, 0.15) is 0 Å². The zero-order chi connectivity index (χ0) is 4.99. The molecular weight excluding hydrogens is 120 g/mol. The second kappa shape index (κ2) is 3.11. The predicted octanol–water partition coefficient (Wildman–Crippen LogP) is 1.35. The van der Waals surface area contributed by atoms with Crippen LogP contribution in [0, 0.1) is 0 Å². The molecule has 0 aliphatic carbocycles. The SMILES string of the molecule is O=C(O)SC=S. The molecule has 0 aromatic rings. The third-order valence-electron chi connectivity index (χ3n) is 0.149. The van der Waals surface area contributed by atoms with Gasteiger partial charge in [-0.25, -0.2) is 4.79 Å². The topological polar surface area (TPSA) is 37.3 Å². The van der Waals surface area contributed by atoms with Crippen molar-refractivity contribution in [3.05, 3.63) is 0 Å². The van der Waals surface area contributed by atoms with Crippen LogP contribution < -0.4 is 0 Å². The van der Waals surface area contributed by atoms with Crippen molar-refractivity contribution in [2.45, 2.75) is 0 Å². The summed E-state index contributed by atoms with van der Waals surface area (Å²) in [7, 11) is 0. The lowest BCUT2D eigenvalue weighted by Gasteiger charge is -1.72. The van der Waals surface area contributed by atoms with Gasteiger partial charge in [-0.05, 0) is 11.8 Å². The summed E-state index contributed by atoms with van der Waals surface area (Å²) in [5.74, 6) is 0. The lowest BCUT2D eigenvalue weighted by atomic mass is 11.6. The first-order chi connectivity index (χ1) is 2.77. The minimum absolute atomic E-state index is 0.593. The Morgan fingerprint density at radius 3 is 2.50 bits per heavy atom. The lowest BCUT2D eigenvalue weighted by Crippen LogP contribution is -1.78. The van der Waals surface area contributed by atoms with Gasteiger partial charge in [0, 0.05) is 4.70 Å². The highest BCUT2D eigenvalue weighted by Crippen LogP contribution is 1.92. The lowest BCUT2D eigenvalue weighted by molar-refractivity contribution is 0.222. The van der Waals surface area contributed by atoms with Gasteiger partial charge in [0.05, 0.1) is 0 Å². The maximum atomic E-state index is 9.46. The molecule has 0 radical (unpaired) electrons. The molecule has 1 N–H and O–H groups in total. The summed E-state index contributed by atoms with van der Waals surface area (Å²) in [5, 5.41) is 6.82. The molecule has 0 saturated carbocycles. The number of hydrogen-bond acceptors (Lipinski definition) is 3. The molecule has 0 spiro atoms. The molecule has 0 heterocycles. The Labute approximate surface area is 44.5 Å². The van der Waals surface area contributed by atoms with E-state index in [0.717, 1.165) is 4.70 Å². The summed E-state index contributed by atoms with van der Waals surface area (Å²) >= 11 is 4.78. The largest absolute Gasteiger partial charge is 0.473 e. The summed E-state index contributed by atoms with van der Waals surface area (Å²) in [5.41, 5.74) is 0. The van der Waals surface area contributed by atoms with E-state index in [2.05, 4.69) is 12.2 Å². The van der Waals surface area contributed by atoms with E-state index < -0.39 is 5.30 Å². The molecule has 0 unspecified atom stereocenters. The molecule has 2 nitrogen and oxygen atoms in total. The molecule has 0 rings (SSSR count). The van der Waals surface area contributed by atoms with Gasteiger partial charge >= 0.3 is 5.30 Å². The number of rotatable bonds is 1. The van der Waals surface area contributed by atoms with E-state index in [1.165, 1.54) is 0 Å². The van der Waals surface area contributed by atoms with Crippen LogP contribution in [0.4, 0.5) is 4.79 Å². The van der Waals surface area contributed by atoms with Crippen LogP contribution in [-0.4, -0.2) is 15.1 Å². The Kier molecular flexibility index (Phi) is 3.07. The summed E-state index contributed by atoms with van der Waals surface area (Å²) in [6.45, 7) is 0. The minimum Gasteiger partial charge on any atom is -0.473 e. The first-order valence-electron chi connectivity index (χ1n) is 1.10. The highest BCUT2D eigenvalue weighted by molar-refractivity contribution is 8.30.